The molecule has 1 aliphatic heterocycles. The van der Waals surface area contributed by atoms with Gasteiger partial charge >= 0.3 is 0 Å². The highest BCUT2D eigenvalue weighted by atomic mass is 16.5. The van der Waals surface area contributed by atoms with Crippen LogP contribution >= 0.6 is 0 Å². The number of carbonyl (C=O) groups is 1. The van der Waals surface area contributed by atoms with Gasteiger partial charge in [-0.25, -0.2) is 4.98 Å². The molecular formula is C14H21N3O3. The molecule has 1 aliphatic rings. The van der Waals surface area contributed by atoms with Crippen LogP contribution in [0.1, 0.15) is 38.3 Å². The van der Waals surface area contributed by atoms with Crippen LogP contribution in [0.25, 0.3) is 0 Å². The SMILES string of the molecule is CC(C)c1cc(=O)n(CC(=O)NCC2CCCO2)cn1. The molecule has 6 heteroatoms. The molecule has 1 fully saturated rings. The number of aromatic nitrogens is 2. The van der Waals surface area contributed by atoms with E-state index in [9.17, 15) is 9.59 Å². The van der Waals surface area contributed by atoms with Crippen molar-refractivity contribution < 1.29 is 9.53 Å². The van der Waals surface area contributed by atoms with E-state index in [0.717, 1.165) is 25.1 Å². The van der Waals surface area contributed by atoms with Crippen molar-refractivity contribution in [1.82, 2.24) is 14.9 Å². The first-order chi connectivity index (χ1) is 9.56. The maximum absolute atomic E-state index is 11.9. The second-order valence-electron chi connectivity index (χ2n) is 5.37. The van der Waals surface area contributed by atoms with E-state index in [4.69, 9.17) is 4.74 Å². The van der Waals surface area contributed by atoms with Crippen molar-refractivity contribution in [2.24, 2.45) is 0 Å². The average molecular weight is 279 g/mol. The van der Waals surface area contributed by atoms with Crippen molar-refractivity contribution in [3.8, 4) is 0 Å². The molecule has 0 spiro atoms. The summed E-state index contributed by atoms with van der Waals surface area (Å²) in [5, 5.41) is 2.79. The van der Waals surface area contributed by atoms with Crippen LogP contribution in [0.5, 0.6) is 0 Å². The third-order valence-corrected chi connectivity index (χ3v) is 3.36. The Morgan fingerprint density at radius 3 is 3.00 bits per heavy atom. The highest BCUT2D eigenvalue weighted by molar-refractivity contribution is 5.75. The summed E-state index contributed by atoms with van der Waals surface area (Å²) in [7, 11) is 0. The van der Waals surface area contributed by atoms with Crippen LogP contribution < -0.4 is 10.9 Å². The number of hydrogen-bond donors (Lipinski definition) is 1. The molecule has 0 radical (unpaired) electrons. The second kappa shape index (κ2) is 6.65. The van der Waals surface area contributed by atoms with Gasteiger partial charge in [-0.05, 0) is 18.8 Å². The Bertz CT molecular complexity index is 519. The number of nitrogens with zero attached hydrogens (tertiary/aromatic N) is 2. The fourth-order valence-electron chi connectivity index (χ4n) is 2.12. The third-order valence-electron chi connectivity index (χ3n) is 3.36. The molecule has 2 rings (SSSR count). The standard InChI is InChI=1S/C14H21N3O3/c1-10(2)12-6-14(19)17(9-16-12)8-13(18)15-7-11-4-3-5-20-11/h6,9-11H,3-5,7-8H2,1-2H3,(H,15,18). The molecule has 0 aliphatic carbocycles. The third kappa shape index (κ3) is 3.90. The van der Waals surface area contributed by atoms with Crippen molar-refractivity contribution in [2.75, 3.05) is 13.2 Å². The molecule has 0 saturated carbocycles. The first-order valence-corrected chi connectivity index (χ1v) is 7.01. The van der Waals surface area contributed by atoms with Gasteiger partial charge in [-0.2, -0.15) is 0 Å². The largest absolute Gasteiger partial charge is 0.376 e. The maximum atomic E-state index is 11.9. The van der Waals surface area contributed by atoms with E-state index in [2.05, 4.69) is 10.3 Å². The lowest BCUT2D eigenvalue weighted by molar-refractivity contribution is -0.122. The molecule has 1 N–H and O–H groups in total. The Hall–Kier alpha value is -1.69. The van der Waals surface area contributed by atoms with E-state index in [1.54, 1.807) is 0 Å². The molecule has 110 valence electrons. The number of ether oxygens (including phenoxy) is 1. The normalized spacial score (nSPS) is 18.4. The van der Waals surface area contributed by atoms with Gasteiger partial charge in [-0.3, -0.25) is 14.2 Å². The van der Waals surface area contributed by atoms with E-state index in [1.807, 2.05) is 13.8 Å². The van der Waals surface area contributed by atoms with E-state index in [-0.39, 0.29) is 30.0 Å². The number of carbonyl (C=O) groups excluding carboxylic acids is 1. The molecule has 1 saturated heterocycles. The molecule has 1 amide bonds. The summed E-state index contributed by atoms with van der Waals surface area (Å²) in [4.78, 5) is 27.8. The van der Waals surface area contributed by atoms with Crippen LogP contribution in [0.2, 0.25) is 0 Å². The summed E-state index contributed by atoms with van der Waals surface area (Å²) in [5.41, 5.74) is 0.544. The first kappa shape index (κ1) is 14.7. The molecule has 1 aromatic heterocycles. The van der Waals surface area contributed by atoms with Gasteiger partial charge in [-0.1, -0.05) is 13.8 Å². The van der Waals surface area contributed by atoms with Crippen molar-refractivity contribution >= 4 is 5.91 Å². The minimum atomic E-state index is -0.198. The van der Waals surface area contributed by atoms with Crippen molar-refractivity contribution in [2.45, 2.75) is 45.3 Å². The predicted octanol–water partition coefficient (Wildman–Crippen LogP) is 0.662. The minimum absolute atomic E-state index is 0.00305. The van der Waals surface area contributed by atoms with Crippen LogP contribution in [0.15, 0.2) is 17.2 Å². The molecule has 0 bridgehead atoms. The summed E-state index contributed by atoms with van der Waals surface area (Å²) < 4.78 is 6.74. The number of nitrogens with one attached hydrogen (secondary N) is 1. The fourth-order valence-corrected chi connectivity index (χ4v) is 2.12. The fraction of sp³-hybridized carbons (Fsp3) is 0.643. The number of rotatable bonds is 5. The summed E-state index contributed by atoms with van der Waals surface area (Å²) >= 11 is 0. The van der Waals surface area contributed by atoms with Crippen LogP contribution in [0, 0.1) is 0 Å². The van der Waals surface area contributed by atoms with Crippen LogP contribution in [-0.4, -0.2) is 34.7 Å². The molecular weight excluding hydrogens is 258 g/mol. The van der Waals surface area contributed by atoms with Gasteiger partial charge in [0.1, 0.15) is 6.54 Å². The summed E-state index contributed by atoms with van der Waals surface area (Å²) in [6, 6.07) is 1.48. The lowest BCUT2D eigenvalue weighted by Crippen LogP contribution is -2.36. The Labute approximate surface area is 118 Å². The Morgan fingerprint density at radius 1 is 1.60 bits per heavy atom. The zero-order valence-electron chi connectivity index (χ0n) is 12.0. The lowest BCUT2D eigenvalue weighted by Gasteiger charge is -2.12. The van der Waals surface area contributed by atoms with Gasteiger partial charge in [0.05, 0.1) is 18.1 Å². The molecule has 2 heterocycles. The lowest BCUT2D eigenvalue weighted by atomic mass is 10.1. The highest BCUT2D eigenvalue weighted by Crippen LogP contribution is 2.10. The Kier molecular flexibility index (Phi) is 4.89. The van der Waals surface area contributed by atoms with E-state index < -0.39 is 0 Å². The van der Waals surface area contributed by atoms with Crippen LogP contribution in [-0.2, 0) is 16.1 Å². The summed E-state index contributed by atoms with van der Waals surface area (Å²) in [6.07, 6.45) is 3.56. The topological polar surface area (TPSA) is 73.2 Å². The molecule has 1 atom stereocenters. The van der Waals surface area contributed by atoms with Gasteiger partial charge in [0.15, 0.2) is 0 Å². The monoisotopic (exact) mass is 279 g/mol. The predicted molar refractivity (Wildman–Crippen MR) is 74.6 cm³/mol. The average Bonchev–Trinajstić information content (AvgIpc) is 2.91. The zero-order chi connectivity index (χ0) is 14.5. The molecule has 20 heavy (non-hydrogen) atoms. The molecule has 1 unspecified atom stereocenters. The number of hydrogen-bond acceptors (Lipinski definition) is 4. The molecule has 0 aromatic carbocycles. The van der Waals surface area contributed by atoms with Gasteiger partial charge in [0.25, 0.3) is 5.56 Å². The van der Waals surface area contributed by atoms with Gasteiger partial charge in [-0.15, -0.1) is 0 Å². The quantitative estimate of drug-likeness (QED) is 0.859. The van der Waals surface area contributed by atoms with E-state index >= 15 is 0 Å². The molecule has 6 nitrogen and oxygen atoms in total. The highest BCUT2D eigenvalue weighted by Gasteiger charge is 2.16. The maximum Gasteiger partial charge on any atom is 0.254 e. The van der Waals surface area contributed by atoms with Crippen molar-refractivity contribution in [3.05, 3.63) is 28.4 Å². The van der Waals surface area contributed by atoms with Gasteiger partial charge in [0, 0.05) is 19.2 Å². The van der Waals surface area contributed by atoms with Crippen LogP contribution in [0.3, 0.4) is 0 Å². The van der Waals surface area contributed by atoms with Gasteiger partial charge < -0.3 is 10.1 Å². The smallest absolute Gasteiger partial charge is 0.254 e. The Morgan fingerprint density at radius 2 is 2.40 bits per heavy atom. The van der Waals surface area contributed by atoms with Crippen LogP contribution in [0.4, 0.5) is 0 Å². The summed E-state index contributed by atoms with van der Waals surface area (Å²) in [5.74, 6) is 0.00684. The second-order valence-corrected chi connectivity index (χ2v) is 5.37. The minimum Gasteiger partial charge on any atom is -0.376 e. The first-order valence-electron chi connectivity index (χ1n) is 7.01. The van der Waals surface area contributed by atoms with Crippen molar-refractivity contribution in [1.29, 1.82) is 0 Å². The molecule has 1 aromatic rings. The summed E-state index contributed by atoms with van der Waals surface area (Å²) in [6.45, 7) is 5.21. The number of amides is 1. The Balaban J connectivity index is 1.88. The van der Waals surface area contributed by atoms with E-state index in [0.29, 0.717) is 6.54 Å². The van der Waals surface area contributed by atoms with Crippen molar-refractivity contribution in [3.63, 3.8) is 0 Å². The van der Waals surface area contributed by atoms with E-state index in [1.165, 1.54) is 17.0 Å². The van der Waals surface area contributed by atoms with Gasteiger partial charge in [0.2, 0.25) is 5.91 Å². The zero-order valence-corrected chi connectivity index (χ0v) is 12.0.